The second-order valence-corrected chi connectivity index (χ2v) is 4.92. The van der Waals surface area contributed by atoms with Gasteiger partial charge in [-0.3, -0.25) is 4.68 Å². The van der Waals surface area contributed by atoms with Gasteiger partial charge in [0.2, 0.25) is 0 Å². The second kappa shape index (κ2) is 6.80. The van der Waals surface area contributed by atoms with Crippen LogP contribution < -0.4 is 5.32 Å². The molecule has 0 aliphatic carbocycles. The topological polar surface area (TPSA) is 29.9 Å². The molecule has 0 spiro atoms. The van der Waals surface area contributed by atoms with Crippen molar-refractivity contribution in [2.75, 3.05) is 0 Å². The van der Waals surface area contributed by atoms with Crippen LogP contribution in [0.15, 0.2) is 6.20 Å². The van der Waals surface area contributed by atoms with E-state index in [4.69, 9.17) is 0 Å². The average Bonchev–Trinajstić information content (AvgIpc) is 2.71. The average molecular weight is 237 g/mol. The molecule has 0 aliphatic rings. The Morgan fingerprint density at radius 1 is 1.24 bits per heavy atom. The van der Waals surface area contributed by atoms with Crippen LogP contribution in [0.25, 0.3) is 0 Å². The molecule has 0 aromatic carbocycles. The van der Waals surface area contributed by atoms with Crippen LogP contribution >= 0.6 is 0 Å². The van der Waals surface area contributed by atoms with E-state index in [1.807, 2.05) is 6.20 Å². The van der Waals surface area contributed by atoms with Gasteiger partial charge in [0.1, 0.15) is 0 Å². The van der Waals surface area contributed by atoms with Crippen LogP contribution in [0.1, 0.15) is 64.8 Å². The molecule has 1 heterocycles. The number of nitrogens with zero attached hydrogens (tertiary/aromatic N) is 2. The zero-order valence-electron chi connectivity index (χ0n) is 12.0. The molecule has 0 atom stereocenters. The van der Waals surface area contributed by atoms with E-state index in [-0.39, 0.29) is 0 Å². The van der Waals surface area contributed by atoms with Gasteiger partial charge < -0.3 is 5.32 Å². The Morgan fingerprint density at radius 3 is 2.35 bits per heavy atom. The van der Waals surface area contributed by atoms with Crippen LogP contribution in [0.3, 0.4) is 0 Å². The normalized spacial score (nSPS) is 11.7. The maximum Gasteiger partial charge on any atom is 0.0537 e. The minimum absolute atomic E-state index is 0.524. The fraction of sp³-hybridized carbons (Fsp3) is 0.786. The molecule has 0 radical (unpaired) electrons. The van der Waals surface area contributed by atoms with Crippen LogP contribution in [-0.2, 0) is 13.0 Å². The Morgan fingerprint density at radius 2 is 1.88 bits per heavy atom. The molecule has 0 fully saturated rings. The van der Waals surface area contributed by atoms with E-state index < -0.39 is 0 Å². The van der Waals surface area contributed by atoms with Gasteiger partial charge >= 0.3 is 0 Å². The Balaban J connectivity index is 2.86. The van der Waals surface area contributed by atoms with Gasteiger partial charge in [-0.25, -0.2) is 0 Å². The zero-order chi connectivity index (χ0) is 12.8. The van der Waals surface area contributed by atoms with Crippen molar-refractivity contribution in [1.82, 2.24) is 15.1 Å². The van der Waals surface area contributed by atoms with E-state index in [0.717, 1.165) is 25.8 Å². The summed E-state index contributed by atoms with van der Waals surface area (Å²) in [6, 6.07) is 1.08. The Hall–Kier alpha value is -0.830. The van der Waals surface area contributed by atoms with Crippen LogP contribution in [0.2, 0.25) is 0 Å². The summed E-state index contributed by atoms with van der Waals surface area (Å²) in [5.74, 6) is 0. The zero-order valence-corrected chi connectivity index (χ0v) is 12.0. The summed E-state index contributed by atoms with van der Waals surface area (Å²) in [5.41, 5.74) is 2.75. The molecule has 1 rings (SSSR count). The largest absolute Gasteiger partial charge is 0.310 e. The molecule has 0 bridgehead atoms. The molecule has 0 aliphatic heterocycles. The molecule has 1 aromatic heterocycles. The van der Waals surface area contributed by atoms with Gasteiger partial charge in [0.05, 0.1) is 12.2 Å². The predicted octanol–water partition coefficient (Wildman–Crippen LogP) is 3.30. The van der Waals surface area contributed by atoms with Crippen molar-refractivity contribution in [2.45, 2.75) is 72.5 Å². The molecule has 1 N–H and O–H groups in total. The SMILES string of the molecule is CCc1c(CNC(C)C)cnn1C(CC)CC. The molecule has 0 saturated heterocycles. The highest BCUT2D eigenvalue weighted by Crippen LogP contribution is 2.20. The van der Waals surface area contributed by atoms with Gasteiger partial charge in [0, 0.05) is 23.8 Å². The van der Waals surface area contributed by atoms with Gasteiger partial charge in [0.25, 0.3) is 0 Å². The lowest BCUT2D eigenvalue weighted by Gasteiger charge is -2.17. The number of rotatable bonds is 7. The van der Waals surface area contributed by atoms with Crippen molar-refractivity contribution < 1.29 is 0 Å². The molecule has 1 aromatic rings. The Labute approximate surface area is 106 Å². The van der Waals surface area contributed by atoms with Crippen molar-refractivity contribution in [2.24, 2.45) is 0 Å². The first-order valence-electron chi connectivity index (χ1n) is 6.92. The maximum atomic E-state index is 4.58. The maximum absolute atomic E-state index is 4.58. The van der Waals surface area contributed by atoms with E-state index in [9.17, 15) is 0 Å². The monoisotopic (exact) mass is 237 g/mol. The lowest BCUT2D eigenvalue weighted by molar-refractivity contribution is 0.414. The van der Waals surface area contributed by atoms with Crippen LogP contribution in [0.5, 0.6) is 0 Å². The fourth-order valence-electron chi connectivity index (χ4n) is 2.22. The van der Waals surface area contributed by atoms with Gasteiger partial charge in [-0.1, -0.05) is 34.6 Å². The summed E-state index contributed by atoms with van der Waals surface area (Å²) >= 11 is 0. The lowest BCUT2D eigenvalue weighted by atomic mass is 10.1. The van der Waals surface area contributed by atoms with E-state index in [2.05, 4.69) is 49.7 Å². The van der Waals surface area contributed by atoms with Crippen molar-refractivity contribution in [3.8, 4) is 0 Å². The van der Waals surface area contributed by atoms with E-state index >= 15 is 0 Å². The Kier molecular flexibility index (Phi) is 5.69. The molecule has 0 saturated carbocycles. The third-order valence-corrected chi connectivity index (χ3v) is 3.31. The van der Waals surface area contributed by atoms with Crippen molar-refractivity contribution in [1.29, 1.82) is 0 Å². The quantitative estimate of drug-likeness (QED) is 0.788. The molecule has 98 valence electrons. The van der Waals surface area contributed by atoms with Crippen LogP contribution in [-0.4, -0.2) is 15.8 Å². The van der Waals surface area contributed by atoms with Crippen LogP contribution in [0, 0.1) is 0 Å². The highest BCUT2D eigenvalue weighted by atomic mass is 15.3. The Bertz CT molecular complexity index is 324. The molecule has 3 heteroatoms. The van der Waals surface area contributed by atoms with Crippen molar-refractivity contribution >= 4 is 0 Å². The first kappa shape index (κ1) is 14.2. The summed E-state index contributed by atoms with van der Waals surface area (Å²) in [6.45, 7) is 12.0. The minimum atomic E-state index is 0.524. The van der Waals surface area contributed by atoms with Gasteiger partial charge in [0.15, 0.2) is 0 Å². The summed E-state index contributed by atoms with van der Waals surface area (Å²) in [4.78, 5) is 0. The standard InChI is InChI=1S/C14H27N3/c1-6-13(7-2)17-14(8-3)12(10-16-17)9-15-11(4)5/h10-11,13,15H,6-9H2,1-5H3. The molecule has 0 unspecified atom stereocenters. The number of aromatic nitrogens is 2. The highest BCUT2D eigenvalue weighted by molar-refractivity contribution is 5.18. The summed E-state index contributed by atoms with van der Waals surface area (Å²) in [7, 11) is 0. The smallest absolute Gasteiger partial charge is 0.0537 e. The van der Waals surface area contributed by atoms with Gasteiger partial charge in [-0.15, -0.1) is 0 Å². The van der Waals surface area contributed by atoms with Gasteiger partial charge in [-0.05, 0) is 19.3 Å². The number of hydrogen-bond donors (Lipinski definition) is 1. The van der Waals surface area contributed by atoms with E-state index in [1.165, 1.54) is 11.3 Å². The van der Waals surface area contributed by atoms with Crippen molar-refractivity contribution in [3.05, 3.63) is 17.5 Å². The second-order valence-electron chi connectivity index (χ2n) is 4.92. The van der Waals surface area contributed by atoms with Gasteiger partial charge in [-0.2, -0.15) is 5.10 Å². The molecular formula is C14H27N3. The summed E-state index contributed by atoms with van der Waals surface area (Å²) < 4.78 is 2.23. The third-order valence-electron chi connectivity index (χ3n) is 3.31. The minimum Gasteiger partial charge on any atom is -0.310 e. The first-order chi connectivity index (χ1) is 8.13. The molecule has 0 amide bonds. The number of nitrogens with one attached hydrogen (secondary N) is 1. The highest BCUT2D eigenvalue weighted by Gasteiger charge is 2.14. The van der Waals surface area contributed by atoms with E-state index in [0.29, 0.717) is 12.1 Å². The molecular weight excluding hydrogens is 210 g/mol. The number of hydrogen-bond acceptors (Lipinski definition) is 2. The predicted molar refractivity (Wildman–Crippen MR) is 73.2 cm³/mol. The summed E-state index contributed by atoms with van der Waals surface area (Å²) in [6.07, 6.45) is 5.41. The third kappa shape index (κ3) is 3.56. The first-order valence-corrected chi connectivity index (χ1v) is 6.92. The summed E-state index contributed by atoms with van der Waals surface area (Å²) in [5, 5.41) is 8.06. The fourth-order valence-corrected chi connectivity index (χ4v) is 2.22. The van der Waals surface area contributed by atoms with E-state index in [1.54, 1.807) is 0 Å². The molecule has 17 heavy (non-hydrogen) atoms. The van der Waals surface area contributed by atoms with Crippen LogP contribution in [0.4, 0.5) is 0 Å². The van der Waals surface area contributed by atoms with Crippen molar-refractivity contribution in [3.63, 3.8) is 0 Å². The molecule has 3 nitrogen and oxygen atoms in total. The lowest BCUT2D eigenvalue weighted by Crippen LogP contribution is -2.22.